The minimum Gasteiger partial charge on any atom is -0.478 e. The number of nitrogens with zero attached hydrogens (tertiary/aromatic N) is 2. The number of aliphatic carboxylic acids is 1. The number of aliphatic hydroxyl groups is 1. The largest absolute Gasteiger partial charge is 0.478 e. The number of rotatable bonds is 2. The van der Waals surface area contributed by atoms with Crippen LogP contribution in [0.2, 0.25) is 0 Å². The number of aliphatic imine (C=N–C) groups is 1. The van der Waals surface area contributed by atoms with E-state index >= 15 is 0 Å². The molecular formula is C20H18N2O3. The highest BCUT2D eigenvalue weighted by atomic mass is 16.4. The Morgan fingerprint density at radius 1 is 1.20 bits per heavy atom. The number of dihydropyridines is 1. The lowest BCUT2D eigenvalue weighted by Crippen LogP contribution is -2.44. The molecule has 2 N–H and O–H groups in total. The first-order valence-corrected chi connectivity index (χ1v) is 8.18. The van der Waals surface area contributed by atoms with Gasteiger partial charge in [0, 0.05) is 29.3 Å². The van der Waals surface area contributed by atoms with Gasteiger partial charge in [-0.3, -0.25) is 4.99 Å². The third-order valence-corrected chi connectivity index (χ3v) is 4.72. The molecule has 2 aromatic rings. The zero-order valence-electron chi connectivity index (χ0n) is 13.8. The summed E-state index contributed by atoms with van der Waals surface area (Å²) in [5.74, 6) is -1.12. The summed E-state index contributed by atoms with van der Waals surface area (Å²) >= 11 is 0. The molecule has 2 unspecified atom stereocenters. The number of carboxylic acids is 1. The molecule has 0 spiro atoms. The van der Waals surface area contributed by atoms with Gasteiger partial charge in [0.05, 0.1) is 11.3 Å². The average molecular weight is 334 g/mol. The quantitative estimate of drug-likeness (QED) is 0.828. The molecule has 0 radical (unpaired) electrons. The van der Waals surface area contributed by atoms with Crippen LogP contribution >= 0.6 is 0 Å². The number of hydrogen-bond donors (Lipinski definition) is 2. The molecule has 5 heteroatoms. The molecule has 25 heavy (non-hydrogen) atoms. The van der Waals surface area contributed by atoms with Gasteiger partial charge in [0.1, 0.15) is 12.3 Å². The van der Waals surface area contributed by atoms with Crippen molar-refractivity contribution in [3.63, 3.8) is 0 Å². The molecule has 2 aromatic carbocycles. The van der Waals surface area contributed by atoms with Gasteiger partial charge in [-0.1, -0.05) is 42.5 Å². The molecule has 0 amide bonds. The minimum atomic E-state index is -1.13. The third-order valence-electron chi connectivity index (χ3n) is 4.72. The Balaban J connectivity index is 1.95. The molecule has 0 saturated heterocycles. The molecule has 2 aliphatic rings. The van der Waals surface area contributed by atoms with Crippen molar-refractivity contribution < 1.29 is 15.0 Å². The molecule has 2 aliphatic heterocycles. The second-order valence-corrected chi connectivity index (χ2v) is 6.34. The molecule has 0 bridgehead atoms. The predicted molar refractivity (Wildman–Crippen MR) is 97.7 cm³/mol. The zero-order valence-corrected chi connectivity index (χ0v) is 13.8. The Morgan fingerprint density at radius 3 is 2.76 bits per heavy atom. The summed E-state index contributed by atoms with van der Waals surface area (Å²) in [7, 11) is 0. The first kappa shape index (κ1) is 15.6. The summed E-state index contributed by atoms with van der Waals surface area (Å²) in [6.07, 6.45) is 2.48. The number of anilines is 1. The fourth-order valence-corrected chi connectivity index (χ4v) is 3.46. The average Bonchev–Trinajstić information content (AvgIpc) is 2.61. The van der Waals surface area contributed by atoms with Gasteiger partial charge in [-0.25, -0.2) is 4.79 Å². The topological polar surface area (TPSA) is 73.1 Å². The van der Waals surface area contributed by atoms with Crippen molar-refractivity contribution in [3.05, 3.63) is 65.9 Å². The Hall–Kier alpha value is -2.92. The molecule has 5 nitrogen and oxygen atoms in total. The second-order valence-electron chi connectivity index (χ2n) is 6.34. The predicted octanol–water partition coefficient (Wildman–Crippen LogP) is 3.11. The first-order chi connectivity index (χ1) is 12.1. The molecule has 2 atom stereocenters. The zero-order chi connectivity index (χ0) is 17.6. The molecule has 126 valence electrons. The summed E-state index contributed by atoms with van der Waals surface area (Å²) in [4.78, 5) is 18.2. The van der Waals surface area contributed by atoms with Crippen molar-refractivity contribution >= 4 is 28.1 Å². The van der Waals surface area contributed by atoms with E-state index in [1.165, 1.54) is 6.20 Å². The van der Waals surface area contributed by atoms with E-state index in [2.05, 4.69) is 4.99 Å². The van der Waals surface area contributed by atoms with Crippen molar-refractivity contribution in [2.75, 3.05) is 4.90 Å². The van der Waals surface area contributed by atoms with Gasteiger partial charge >= 0.3 is 5.97 Å². The van der Waals surface area contributed by atoms with Gasteiger partial charge in [0.2, 0.25) is 0 Å². The van der Waals surface area contributed by atoms with E-state index in [1.54, 1.807) is 0 Å². The lowest BCUT2D eigenvalue weighted by molar-refractivity contribution is -0.133. The summed E-state index contributed by atoms with van der Waals surface area (Å²) < 4.78 is 0. The summed E-state index contributed by atoms with van der Waals surface area (Å²) in [6.45, 7) is 1.94. The van der Waals surface area contributed by atoms with Gasteiger partial charge in [-0.15, -0.1) is 0 Å². The first-order valence-electron chi connectivity index (χ1n) is 8.18. The van der Waals surface area contributed by atoms with Crippen LogP contribution < -0.4 is 4.90 Å². The number of benzene rings is 2. The molecule has 0 aliphatic carbocycles. The molecule has 4 rings (SSSR count). The van der Waals surface area contributed by atoms with Crippen LogP contribution in [0.1, 0.15) is 13.3 Å². The molecular weight excluding hydrogens is 316 g/mol. The van der Waals surface area contributed by atoms with Gasteiger partial charge in [-0.2, -0.15) is 0 Å². The van der Waals surface area contributed by atoms with Crippen molar-refractivity contribution in [1.82, 2.24) is 0 Å². The fraction of sp³-hybridized carbons (Fsp3) is 0.200. The molecule has 0 fully saturated rings. The van der Waals surface area contributed by atoms with E-state index in [0.29, 0.717) is 12.0 Å². The molecule has 0 aromatic heterocycles. The van der Waals surface area contributed by atoms with Crippen LogP contribution in [0.15, 0.2) is 70.9 Å². The maximum absolute atomic E-state index is 11.6. The van der Waals surface area contributed by atoms with E-state index in [0.717, 1.165) is 22.2 Å². The van der Waals surface area contributed by atoms with E-state index in [-0.39, 0.29) is 5.57 Å². The Bertz CT molecular complexity index is 953. The minimum absolute atomic E-state index is 0.0369. The van der Waals surface area contributed by atoms with E-state index in [9.17, 15) is 15.0 Å². The lowest BCUT2D eigenvalue weighted by Gasteiger charge is -2.39. The maximum Gasteiger partial charge on any atom is 0.336 e. The van der Waals surface area contributed by atoms with Crippen LogP contribution in [0.3, 0.4) is 0 Å². The highest BCUT2D eigenvalue weighted by Gasteiger charge is 2.37. The lowest BCUT2D eigenvalue weighted by atomic mass is 9.91. The fourth-order valence-electron chi connectivity index (χ4n) is 3.46. The van der Waals surface area contributed by atoms with Crippen molar-refractivity contribution in [2.45, 2.75) is 25.6 Å². The summed E-state index contributed by atoms with van der Waals surface area (Å²) in [6, 6.07) is 13.9. The Morgan fingerprint density at radius 2 is 1.96 bits per heavy atom. The van der Waals surface area contributed by atoms with E-state index in [4.69, 9.17) is 0 Å². The Labute approximate surface area is 145 Å². The van der Waals surface area contributed by atoms with Crippen LogP contribution in [0, 0.1) is 0 Å². The number of hydrogen-bond acceptors (Lipinski definition) is 4. The van der Waals surface area contributed by atoms with E-state index in [1.807, 2.05) is 60.4 Å². The molecule has 2 heterocycles. The standard InChI is InChI=1S/C20H18N2O3/c1-12-9-10-15-18(23)16(20(24)25)11-22(19(15)21-12)17-8-4-6-13-5-2-3-7-14(13)17/h2-8,10-11,18-19,23H,9H2,1H3,(H,24,25). The number of carbonyl (C=O) groups is 1. The smallest absolute Gasteiger partial charge is 0.336 e. The third kappa shape index (κ3) is 2.53. The van der Waals surface area contributed by atoms with Crippen molar-refractivity contribution in [2.24, 2.45) is 4.99 Å². The van der Waals surface area contributed by atoms with Gasteiger partial charge in [0.15, 0.2) is 0 Å². The monoisotopic (exact) mass is 334 g/mol. The van der Waals surface area contributed by atoms with E-state index < -0.39 is 18.2 Å². The van der Waals surface area contributed by atoms with Crippen molar-refractivity contribution in [3.8, 4) is 0 Å². The van der Waals surface area contributed by atoms with Crippen LogP contribution in [0.25, 0.3) is 10.8 Å². The molecule has 0 saturated carbocycles. The van der Waals surface area contributed by atoms with Crippen molar-refractivity contribution in [1.29, 1.82) is 0 Å². The summed E-state index contributed by atoms with van der Waals surface area (Å²) in [5.41, 5.74) is 2.42. The Kier molecular flexibility index (Phi) is 3.66. The van der Waals surface area contributed by atoms with Gasteiger partial charge < -0.3 is 15.1 Å². The number of aliphatic hydroxyl groups excluding tert-OH is 1. The van der Waals surface area contributed by atoms with Gasteiger partial charge in [-0.05, 0) is 18.4 Å². The second kappa shape index (κ2) is 5.86. The normalized spacial score (nSPS) is 22.8. The van der Waals surface area contributed by atoms with Crippen LogP contribution in [-0.4, -0.2) is 34.2 Å². The SMILES string of the molecule is CC1=NC2C(=CC1)C(O)C(C(=O)O)=CN2c1cccc2ccccc12. The van der Waals surface area contributed by atoms with Crippen LogP contribution in [0.5, 0.6) is 0 Å². The van der Waals surface area contributed by atoms with Crippen LogP contribution in [-0.2, 0) is 4.79 Å². The number of carboxylic acid groups (broad SMARTS) is 1. The highest BCUT2D eigenvalue weighted by Crippen LogP contribution is 2.37. The number of allylic oxidation sites excluding steroid dienone is 1. The highest BCUT2D eigenvalue weighted by molar-refractivity contribution is 5.97. The summed E-state index contributed by atoms with van der Waals surface area (Å²) in [5, 5.41) is 22.1. The maximum atomic E-state index is 11.6. The van der Waals surface area contributed by atoms with Gasteiger partial charge in [0.25, 0.3) is 0 Å². The number of fused-ring (bicyclic) bond motifs is 2. The van der Waals surface area contributed by atoms with Crippen LogP contribution in [0.4, 0.5) is 5.69 Å².